The molecule has 6 nitrogen and oxygen atoms in total. The maximum Gasteiger partial charge on any atom is 0.151 e. The van der Waals surface area contributed by atoms with E-state index in [-0.39, 0.29) is 11.9 Å². The Balaban J connectivity index is 1.74. The van der Waals surface area contributed by atoms with E-state index in [4.69, 9.17) is 0 Å². The van der Waals surface area contributed by atoms with Gasteiger partial charge in [0.25, 0.3) is 0 Å². The SMILES string of the molecule is Cc1nn(C)c(C)c1-c1cnc2[nH]cc(-c3cc(F)c4nc(C)n(C(C)C)c4c3)c2c1. The molecule has 4 heterocycles. The van der Waals surface area contributed by atoms with E-state index < -0.39 is 0 Å². The largest absolute Gasteiger partial charge is 0.346 e. The Hall–Kier alpha value is -3.48. The Labute approximate surface area is 179 Å². The number of aromatic nitrogens is 6. The second-order valence-electron chi connectivity index (χ2n) is 8.44. The minimum Gasteiger partial charge on any atom is -0.346 e. The number of rotatable bonds is 3. The number of nitrogens with one attached hydrogen (secondary N) is 1. The summed E-state index contributed by atoms with van der Waals surface area (Å²) in [6.07, 6.45) is 3.76. The Morgan fingerprint density at radius 1 is 1.06 bits per heavy atom. The molecule has 1 aromatic carbocycles. The van der Waals surface area contributed by atoms with Crippen molar-refractivity contribution in [3.8, 4) is 22.3 Å². The van der Waals surface area contributed by atoms with Crippen LogP contribution in [0.25, 0.3) is 44.3 Å². The molecular weight excluding hydrogens is 391 g/mol. The van der Waals surface area contributed by atoms with Crippen LogP contribution >= 0.6 is 0 Å². The van der Waals surface area contributed by atoms with Gasteiger partial charge in [-0.1, -0.05) is 0 Å². The molecule has 0 saturated carbocycles. The second kappa shape index (κ2) is 6.77. The first-order chi connectivity index (χ1) is 14.8. The average Bonchev–Trinajstić information content (AvgIpc) is 3.35. The molecule has 0 radical (unpaired) electrons. The number of pyridine rings is 1. The van der Waals surface area contributed by atoms with E-state index in [9.17, 15) is 0 Å². The molecule has 0 spiro atoms. The molecule has 1 N–H and O–H groups in total. The van der Waals surface area contributed by atoms with Crippen LogP contribution in [0.2, 0.25) is 0 Å². The van der Waals surface area contributed by atoms with E-state index in [2.05, 4.69) is 51.5 Å². The molecule has 158 valence electrons. The molecule has 0 bridgehead atoms. The fourth-order valence-corrected chi connectivity index (χ4v) is 4.65. The molecule has 0 unspecified atom stereocenters. The minimum atomic E-state index is -0.313. The van der Waals surface area contributed by atoms with Crippen LogP contribution in [0.3, 0.4) is 0 Å². The van der Waals surface area contributed by atoms with Crippen molar-refractivity contribution in [3.05, 3.63) is 53.6 Å². The highest BCUT2D eigenvalue weighted by molar-refractivity contribution is 5.98. The number of aromatic amines is 1. The molecule has 0 aliphatic rings. The quantitative estimate of drug-likeness (QED) is 0.415. The summed E-state index contributed by atoms with van der Waals surface area (Å²) >= 11 is 0. The summed E-state index contributed by atoms with van der Waals surface area (Å²) in [7, 11) is 1.94. The van der Waals surface area contributed by atoms with Crippen molar-refractivity contribution >= 4 is 22.1 Å². The van der Waals surface area contributed by atoms with E-state index in [1.165, 1.54) is 0 Å². The lowest BCUT2D eigenvalue weighted by molar-refractivity contribution is 0.600. The van der Waals surface area contributed by atoms with Crippen molar-refractivity contribution in [2.45, 2.75) is 40.7 Å². The maximum absolute atomic E-state index is 15.0. The summed E-state index contributed by atoms with van der Waals surface area (Å²) < 4.78 is 19.0. The fraction of sp³-hybridized carbons (Fsp3) is 0.292. The third-order valence-corrected chi connectivity index (χ3v) is 6.08. The fourth-order valence-electron chi connectivity index (χ4n) is 4.65. The Morgan fingerprint density at radius 2 is 1.84 bits per heavy atom. The predicted molar refractivity (Wildman–Crippen MR) is 122 cm³/mol. The number of hydrogen-bond donors (Lipinski definition) is 1. The topological polar surface area (TPSA) is 64.3 Å². The summed E-state index contributed by atoms with van der Waals surface area (Å²) in [5, 5.41) is 5.48. The molecular formula is C24H25FN6. The number of benzene rings is 1. The van der Waals surface area contributed by atoms with E-state index in [0.29, 0.717) is 5.52 Å². The average molecular weight is 417 g/mol. The lowest BCUT2D eigenvalue weighted by Crippen LogP contribution is -2.02. The van der Waals surface area contributed by atoms with E-state index in [0.717, 1.165) is 56.0 Å². The zero-order chi connectivity index (χ0) is 22.0. The van der Waals surface area contributed by atoms with Gasteiger partial charge in [-0.05, 0) is 58.4 Å². The normalized spacial score (nSPS) is 12.0. The molecule has 0 amide bonds. The highest BCUT2D eigenvalue weighted by Gasteiger charge is 2.18. The van der Waals surface area contributed by atoms with Gasteiger partial charge >= 0.3 is 0 Å². The van der Waals surface area contributed by atoms with Gasteiger partial charge in [0, 0.05) is 53.3 Å². The van der Waals surface area contributed by atoms with Gasteiger partial charge < -0.3 is 9.55 Å². The van der Waals surface area contributed by atoms with Crippen LogP contribution in [-0.2, 0) is 7.05 Å². The Bertz CT molecular complexity index is 1470. The van der Waals surface area contributed by atoms with Crippen molar-refractivity contribution in [2.24, 2.45) is 7.05 Å². The van der Waals surface area contributed by atoms with Gasteiger partial charge in [-0.15, -0.1) is 0 Å². The highest BCUT2D eigenvalue weighted by Crippen LogP contribution is 2.35. The predicted octanol–water partition coefficient (Wildman–Crippen LogP) is 5.63. The number of fused-ring (bicyclic) bond motifs is 2. The lowest BCUT2D eigenvalue weighted by Gasteiger charge is -2.11. The molecule has 31 heavy (non-hydrogen) atoms. The minimum absolute atomic E-state index is 0.187. The van der Waals surface area contributed by atoms with Crippen LogP contribution in [-0.4, -0.2) is 29.3 Å². The van der Waals surface area contributed by atoms with Gasteiger partial charge in [-0.2, -0.15) is 5.10 Å². The molecule has 7 heteroatoms. The first kappa shape index (κ1) is 19.5. The molecule has 5 rings (SSSR count). The van der Waals surface area contributed by atoms with Crippen LogP contribution < -0.4 is 0 Å². The van der Waals surface area contributed by atoms with Crippen molar-refractivity contribution in [1.82, 2.24) is 29.3 Å². The first-order valence-electron chi connectivity index (χ1n) is 10.4. The standard InChI is InChI=1S/C24H25FN6/c1-12(2)31-15(5)28-23-20(25)8-16(9-21(23)31)19-11-27-24-18(19)7-17(10-26-24)22-13(3)29-30(6)14(22)4/h7-12H,1-6H3,(H,26,27). The number of imidazole rings is 1. The molecule has 0 fully saturated rings. The number of hydrogen-bond acceptors (Lipinski definition) is 3. The third kappa shape index (κ3) is 2.87. The molecule has 5 aromatic rings. The smallest absolute Gasteiger partial charge is 0.151 e. The summed E-state index contributed by atoms with van der Waals surface area (Å²) in [6.45, 7) is 10.1. The van der Waals surface area contributed by atoms with Crippen LogP contribution in [0.4, 0.5) is 4.39 Å². The van der Waals surface area contributed by atoms with Gasteiger partial charge in [0.1, 0.15) is 17.0 Å². The Kier molecular flexibility index (Phi) is 4.25. The molecule has 0 aliphatic carbocycles. The number of nitrogens with zero attached hydrogens (tertiary/aromatic N) is 5. The zero-order valence-corrected chi connectivity index (χ0v) is 18.6. The van der Waals surface area contributed by atoms with Crippen molar-refractivity contribution in [2.75, 3.05) is 0 Å². The summed E-state index contributed by atoms with van der Waals surface area (Å²) in [5.41, 5.74) is 7.83. The van der Waals surface area contributed by atoms with Gasteiger partial charge in [-0.3, -0.25) is 4.68 Å². The summed E-state index contributed by atoms with van der Waals surface area (Å²) in [4.78, 5) is 12.3. The van der Waals surface area contributed by atoms with Gasteiger partial charge in [0.05, 0.1) is 11.2 Å². The summed E-state index contributed by atoms with van der Waals surface area (Å²) in [6, 6.07) is 5.88. The molecule has 4 aromatic heterocycles. The van der Waals surface area contributed by atoms with Crippen LogP contribution in [0, 0.1) is 26.6 Å². The van der Waals surface area contributed by atoms with Crippen molar-refractivity contribution in [3.63, 3.8) is 0 Å². The van der Waals surface area contributed by atoms with E-state index in [1.807, 2.05) is 44.0 Å². The Morgan fingerprint density at radius 3 is 2.52 bits per heavy atom. The first-order valence-corrected chi connectivity index (χ1v) is 10.4. The van der Waals surface area contributed by atoms with Crippen molar-refractivity contribution in [1.29, 1.82) is 0 Å². The lowest BCUT2D eigenvalue weighted by atomic mass is 10.0. The monoisotopic (exact) mass is 416 g/mol. The maximum atomic E-state index is 15.0. The van der Waals surface area contributed by atoms with Gasteiger partial charge in [0.15, 0.2) is 5.82 Å². The molecule has 0 aliphatic heterocycles. The van der Waals surface area contributed by atoms with Crippen molar-refractivity contribution < 1.29 is 4.39 Å². The number of H-pyrrole nitrogens is 1. The third-order valence-electron chi connectivity index (χ3n) is 6.08. The van der Waals surface area contributed by atoms with Crippen LogP contribution in [0.15, 0.2) is 30.6 Å². The van der Waals surface area contributed by atoms with Crippen LogP contribution in [0.5, 0.6) is 0 Å². The van der Waals surface area contributed by atoms with E-state index in [1.54, 1.807) is 6.07 Å². The van der Waals surface area contributed by atoms with Gasteiger partial charge in [0.2, 0.25) is 0 Å². The molecule has 0 atom stereocenters. The van der Waals surface area contributed by atoms with Gasteiger partial charge in [-0.25, -0.2) is 14.4 Å². The van der Waals surface area contributed by atoms with Crippen LogP contribution in [0.1, 0.15) is 37.1 Å². The van der Waals surface area contributed by atoms with E-state index >= 15 is 4.39 Å². The summed E-state index contributed by atoms with van der Waals surface area (Å²) in [5.74, 6) is 0.499. The zero-order valence-electron chi connectivity index (χ0n) is 18.6. The number of halogens is 1. The second-order valence-corrected chi connectivity index (χ2v) is 8.44. The number of aryl methyl sites for hydroxylation is 3. The molecule has 0 saturated heterocycles. The highest BCUT2D eigenvalue weighted by atomic mass is 19.1.